The van der Waals surface area contributed by atoms with E-state index in [0.717, 1.165) is 17.5 Å². The van der Waals surface area contributed by atoms with E-state index in [1.165, 1.54) is 0 Å². The van der Waals surface area contributed by atoms with Gasteiger partial charge in [-0.15, -0.1) is 0 Å². The molecule has 1 unspecified atom stereocenters. The highest BCUT2D eigenvalue weighted by Gasteiger charge is 2.33. The van der Waals surface area contributed by atoms with Crippen molar-refractivity contribution in [2.75, 3.05) is 0 Å². The first-order chi connectivity index (χ1) is 7.92. The second-order valence-corrected chi connectivity index (χ2v) is 5.07. The fourth-order valence-corrected chi connectivity index (χ4v) is 1.61. The van der Waals surface area contributed by atoms with Crippen molar-refractivity contribution < 1.29 is 4.79 Å². The predicted molar refractivity (Wildman–Crippen MR) is 68.6 cm³/mol. The van der Waals surface area contributed by atoms with E-state index in [1.54, 1.807) is 0 Å². The maximum Gasteiger partial charge on any atom is 0.160 e. The zero-order valence-electron chi connectivity index (χ0n) is 10.9. The molecule has 0 N–H and O–H groups in total. The minimum Gasteiger partial charge on any atom is -0.297 e. The summed E-state index contributed by atoms with van der Waals surface area (Å²) in [6, 6.07) is 9.74. The van der Waals surface area contributed by atoms with Gasteiger partial charge in [-0.25, -0.2) is 0 Å². The van der Waals surface area contributed by atoms with E-state index in [4.69, 9.17) is 0 Å². The molecular formula is C15H19NO. The molecule has 2 nitrogen and oxygen atoms in total. The summed E-state index contributed by atoms with van der Waals surface area (Å²) in [4.78, 5) is 12.3. The zero-order chi connectivity index (χ0) is 13.1. The van der Waals surface area contributed by atoms with Gasteiger partial charge in [-0.1, -0.05) is 50.6 Å². The van der Waals surface area contributed by atoms with E-state index in [2.05, 4.69) is 6.07 Å². The number of nitriles is 1. The summed E-state index contributed by atoms with van der Waals surface area (Å²) in [5.41, 5.74) is 1.49. The highest BCUT2D eigenvalue weighted by atomic mass is 16.1. The van der Waals surface area contributed by atoms with Crippen LogP contribution in [0.2, 0.25) is 0 Å². The van der Waals surface area contributed by atoms with Crippen LogP contribution in [-0.4, -0.2) is 5.78 Å². The van der Waals surface area contributed by atoms with E-state index < -0.39 is 11.3 Å². The summed E-state index contributed by atoms with van der Waals surface area (Å²) < 4.78 is 0. The number of rotatable bonds is 4. The summed E-state index contributed by atoms with van der Waals surface area (Å²) in [6.45, 7) is 7.76. The number of nitrogens with zero attached hydrogens (tertiary/aromatic N) is 1. The molecule has 0 aliphatic carbocycles. The molecule has 0 radical (unpaired) electrons. The van der Waals surface area contributed by atoms with Gasteiger partial charge in [0, 0.05) is 5.41 Å². The predicted octanol–water partition coefficient (Wildman–Crippen LogP) is 3.61. The summed E-state index contributed by atoms with van der Waals surface area (Å²) in [5, 5.41) is 9.21. The Bertz CT molecular complexity index is 437. The van der Waals surface area contributed by atoms with Crippen molar-refractivity contribution in [2.45, 2.75) is 40.0 Å². The Labute approximate surface area is 103 Å². The van der Waals surface area contributed by atoms with Crippen molar-refractivity contribution in [2.24, 2.45) is 5.41 Å². The maximum atomic E-state index is 12.3. The summed E-state index contributed by atoms with van der Waals surface area (Å²) in [7, 11) is 0. The van der Waals surface area contributed by atoms with Gasteiger partial charge < -0.3 is 0 Å². The van der Waals surface area contributed by atoms with Crippen molar-refractivity contribution >= 4 is 5.78 Å². The minimum absolute atomic E-state index is 0.00588. The van der Waals surface area contributed by atoms with Crippen LogP contribution in [0.4, 0.5) is 0 Å². The van der Waals surface area contributed by atoms with Crippen LogP contribution in [0.1, 0.15) is 44.2 Å². The van der Waals surface area contributed by atoms with Crippen LogP contribution < -0.4 is 0 Å². The Morgan fingerprint density at radius 1 is 1.35 bits per heavy atom. The fraction of sp³-hybridized carbons (Fsp3) is 0.467. The molecule has 1 aromatic rings. The van der Waals surface area contributed by atoms with Gasteiger partial charge in [0.15, 0.2) is 5.78 Å². The lowest BCUT2D eigenvalue weighted by molar-refractivity contribution is -0.127. The Morgan fingerprint density at radius 3 is 2.29 bits per heavy atom. The van der Waals surface area contributed by atoms with Crippen molar-refractivity contribution in [3.05, 3.63) is 35.4 Å². The molecule has 90 valence electrons. The lowest BCUT2D eigenvalue weighted by Crippen LogP contribution is -2.28. The summed E-state index contributed by atoms with van der Waals surface area (Å²) in [6.07, 6.45) is 0.746. The molecule has 2 heteroatoms. The van der Waals surface area contributed by atoms with E-state index in [9.17, 15) is 10.1 Å². The average Bonchev–Trinajstić information content (AvgIpc) is 2.32. The minimum atomic E-state index is -0.648. The number of carbonyl (C=O) groups is 1. The van der Waals surface area contributed by atoms with Gasteiger partial charge in [-0.3, -0.25) is 4.79 Å². The first kappa shape index (κ1) is 13.4. The molecule has 0 amide bonds. The first-order valence-electron chi connectivity index (χ1n) is 5.93. The molecule has 0 aliphatic rings. The monoisotopic (exact) mass is 229 g/mol. The Balaban J connectivity index is 3.05. The standard InChI is InChI=1S/C15H19NO/c1-5-15(3,4)14(17)13(10-16)12-8-6-11(2)7-9-12/h6-9,13H,5H2,1-4H3. The number of aryl methyl sites for hydroxylation is 1. The number of hydrogen-bond donors (Lipinski definition) is 0. The quantitative estimate of drug-likeness (QED) is 0.791. The summed E-state index contributed by atoms with van der Waals surface area (Å²) in [5.74, 6) is -0.642. The lowest BCUT2D eigenvalue weighted by Gasteiger charge is -2.23. The van der Waals surface area contributed by atoms with Gasteiger partial charge in [0.2, 0.25) is 0 Å². The maximum absolute atomic E-state index is 12.3. The van der Waals surface area contributed by atoms with Crippen molar-refractivity contribution in [1.82, 2.24) is 0 Å². The molecule has 0 saturated carbocycles. The number of Topliss-reactive ketones (excluding diaryl/α,β-unsaturated/α-hetero) is 1. The molecule has 0 bridgehead atoms. The lowest BCUT2D eigenvalue weighted by atomic mass is 9.77. The number of ketones is 1. The molecule has 1 rings (SSSR count). The highest BCUT2D eigenvalue weighted by molar-refractivity contribution is 5.92. The third-order valence-corrected chi connectivity index (χ3v) is 3.35. The average molecular weight is 229 g/mol. The Kier molecular flexibility index (Phi) is 4.07. The third kappa shape index (κ3) is 2.94. The first-order valence-corrected chi connectivity index (χ1v) is 5.93. The van der Waals surface area contributed by atoms with Gasteiger partial charge in [-0.2, -0.15) is 5.26 Å². The summed E-state index contributed by atoms with van der Waals surface area (Å²) >= 11 is 0. The van der Waals surface area contributed by atoms with Crippen LogP contribution in [-0.2, 0) is 4.79 Å². The van der Waals surface area contributed by atoms with Crippen LogP contribution in [0.15, 0.2) is 24.3 Å². The van der Waals surface area contributed by atoms with Crippen LogP contribution >= 0.6 is 0 Å². The molecule has 0 aromatic heterocycles. The van der Waals surface area contributed by atoms with Gasteiger partial charge in [0.1, 0.15) is 5.92 Å². The van der Waals surface area contributed by atoms with E-state index >= 15 is 0 Å². The highest BCUT2D eigenvalue weighted by Crippen LogP contribution is 2.30. The van der Waals surface area contributed by atoms with Crippen LogP contribution in [0.5, 0.6) is 0 Å². The van der Waals surface area contributed by atoms with Crippen LogP contribution in [0, 0.1) is 23.7 Å². The van der Waals surface area contributed by atoms with Gasteiger partial charge in [0.25, 0.3) is 0 Å². The second-order valence-electron chi connectivity index (χ2n) is 5.07. The third-order valence-electron chi connectivity index (χ3n) is 3.35. The van der Waals surface area contributed by atoms with Crippen LogP contribution in [0.3, 0.4) is 0 Å². The van der Waals surface area contributed by atoms with E-state index in [0.29, 0.717) is 0 Å². The van der Waals surface area contributed by atoms with Crippen LogP contribution in [0.25, 0.3) is 0 Å². The molecule has 0 saturated heterocycles. The molecule has 17 heavy (non-hydrogen) atoms. The molecule has 1 aromatic carbocycles. The Hall–Kier alpha value is -1.62. The van der Waals surface area contributed by atoms with Crippen molar-refractivity contribution in [1.29, 1.82) is 5.26 Å². The van der Waals surface area contributed by atoms with E-state index in [-0.39, 0.29) is 5.78 Å². The van der Waals surface area contributed by atoms with Gasteiger partial charge in [0.05, 0.1) is 6.07 Å². The molecule has 0 heterocycles. The molecule has 0 aliphatic heterocycles. The second kappa shape index (κ2) is 5.14. The normalized spacial score (nSPS) is 12.9. The molecule has 0 spiro atoms. The van der Waals surface area contributed by atoms with Gasteiger partial charge >= 0.3 is 0 Å². The molecule has 1 atom stereocenters. The van der Waals surface area contributed by atoms with Crippen molar-refractivity contribution in [3.63, 3.8) is 0 Å². The fourth-order valence-electron chi connectivity index (χ4n) is 1.61. The molecular weight excluding hydrogens is 210 g/mol. The van der Waals surface area contributed by atoms with Crippen molar-refractivity contribution in [3.8, 4) is 6.07 Å². The largest absolute Gasteiger partial charge is 0.297 e. The van der Waals surface area contributed by atoms with E-state index in [1.807, 2.05) is 52.0 Å². The number of benzene rings is 1. The smallest absolute Gasteiger partial charge is 0.160 e. The Morgan fingerprint density at radius 2 is 1.88 bits per heavy atom. The topological polar surface area (TPSA) is 40.9 Å². The number of carbonyl (C=O) groups excluding carboxylic acids is 1. The molecule has 0 fully saturated rings. The van der Waals surface area contributed by atoms with Gasteiger partial charge in [-0.05, 0) is 18.9 Å². The number of hydrogen-bond acceptors (Lipinski definition) is 2. The zero-order valence-corrected chi connectivity index (χ0v) is 10.9. The SMILES string of the molecule is CCC(C)(C)C(=O)C(C#N)c1ccc(C)cc1.